The van der Waals surface area contributed by atoms with Gasteiger partial charge in [0.2, 0.25) is 5.28 Å². The molecule has 0 saturated heterocycles. The van der Waals surface area contributed by atoms with Gasteiger partial charge in [-0.25, -0.2) is 9.97 Å². The number of hydrogen-bond donors (Lipinski definition) is 0. The van der Waals surface area contributed by atoms with Crippen molar-refractivity contribution in [3.63, 3.8) is 0 Å². The van der Waals surface area contributed by atoms with E-state index in [1.165, 1.54) is 5.56 Å². The molecule has 4 heteroatoms. The summed E-state index contributed by atoms with van der Waals surface area (Å²) in [6, 6.07) is 10.6. The van der Waals surface area contributed by atoms with Crippen molar-refractivity contribution in [3.05, 3.63) is 46.6 Å². The second-order valence-electron chi connectivity index (χ2n) is 4.43. The van der Waals surface area contributed by atoms with Crippen molar-refractivity contribution in [2.75, 3.05) is 0 Å². The zero-order valence-corrected chi connectivity index (χ0v) is 12.1. The van der Waals surface area contributed by atoms with Crippen LogP contribution in [0.25, 0.3) is 21.5 Å². The number of fused-ring (bicyclic) bond motifs is 1. The average Bonchev–Trinajstić information content (AvgIpc) is 2.86. The molecule has 0 unspecified atom stereocenters. The van der Waals surface area contributed by atoms with Crippen LogP contribution in [-0.4, -0.2) is 9.97 Å². The second-order valence-corrected chi connectivity index (χ2v) is 5.66. The summed E-state index contributed by atoms with van der Waals surface area (Å²) in [7, 11) is 0. The Bertz CT molecular complexity index is 721. The molecule has 2 heterocycles. The van der Waals surface area contributed by atoms with E-state index in [1.807, 2.05) is 5.38 Å². The fourth-order valence-electron chi connectivity index (χ4n) is 2.21. The minimum Gasteiger partial charge on any atom is -0.217 e. The number of hydrogen-bond acceptors (Lipinski definition) is 3. The Hall–Kier alpha value is -1.45. The first-order valence-corrected chi connectivity index (χ1v) is 7.53. The van der Waals surface area contributed by atoms with Crippen LogP contribution in [0, 0.1) is 0 Å². The number of benzene rings is 1. The minimum absolute atomic E-state index is 0.311. The third-order valence-electron chi connectivity index (χ3n) is 3.04. The Morgan fingerprint density at radius 2 is 2.11 bits per heavy atom. The van der Waals surface area contributed by atoms with Crippen LogP contribution in [-0.2, 0) is 6.42 Å². The quantitative estimate of drug-likeness (QED) is 0.636. The topological polar surface area (TPSA) is 25.8 Å². The largest absolute Gasteiger partial charge is 0.224 e. The van der Waals surface area contributed by atoms with Crippen LogP contribution >= 0.6 is 22.9 Å². The number of halogens is 1. The normalized spacial score (nSPS) is 11.1. The zero-order valence-electron chi connectivity index (χ0n) is 10.6. The lowest BCUT2D eigenvalue weighted by atomic mass is 10.0. The van der Waals surface area contributed by atoms with Crippen LogP contribution in [0.1, 0.15) is 18.9 Å². The Kier molecular flexibility index (Phi) is 3.49. The smallest absolute Gasteiger partial charge is 0.217 e. The van der Waals surface area contributed by atoms with Crippen LogP contribution in [0.15, 0.2) is 35.7 Å². The molecule has 2 nitrogen and oxygen atoms in total. The molecule has 0 N–H and O–H groups in total. The number of aromatic nitrogens is 2. The maximum Gasteiger partial charge on any atom is 0.224 e. The first-order chi connectivity index (χ1) is 9.28. The van der Waals surface area contributed by atoms with Gasteiger partial charge in [-0.3, -0.25) is 0 Å². The zero-order chi connectivity index (χ0) is 13.2. The highest BCUT2D eigenvalue weighted by atomic mass is 35.5. The van der Waals surface area contributed by atoms with E-state index >= 15 is 0 Å². The van der Waals surface area contributed by atoms with Crippen LogP contribution < -0.4 is 0 Å². The van der Waals surface area contributed by atoms with E-state index in [4.69, 9.17) is 11.6 Å². The average molecular weight is 289 g/mol. The molecule has 96 valence electrons. The Balaban J connectivity index is 2.18. The van der Waals surface area contributed by atoms with Crippen molar-refractivity contribution < 1.29 is 0 Å². The number of thiophene rings is 1. The lowest BCUT2D eigenvalue weighted by Crippen LogP contribution is -1.90. The van der Waals surface area contributed by atoms with Gasteiger partial charge in [0.1, 0.15) is 4.83 Å². The molecule has 1 aromatic carbocycles. The summed E-state index contributed by atoms with van der Waals surface area (Å²) in [5.74, 6) is 0. The van der Waals surface area contributed by atoms with Crippen molar-refractivity contribution in [2.45, 2.75) is 19.8 Å². The lowest BCUT2D eigenvalue weighted by molar-refractivity contribution is 0.922. The second kappa shape index (κ2) is 5.27. The van der Waals surface area contributed by atoms with Gasteiger partial charge in [0.05, 0.1) is 5.69 Å². The van der Waals surface area contributed by atoms with Crippen molar-refractivity contribution in [1.29, 1.82) is 0 Å². The Labute approximate surface area is 121 Å². The van der Waals surface area contributed by atoms with Gasteiger partial charge < -0.3 is 0 Å². The number of nitrogens with zero attached hydrogens (tertiary/aromatic N) is 2. The van der Waals surface area contributed by atoms with E-state index in [2.05, 4.69) is 47.2 Å². The molecule has 19 heavy (non-hydrogen) atoms. The molecule has 0 spiro atoms. The summed E-state index contributed by atoms with van der Waals surface area (Å²) in [6.07, 6.45) is 2.22. The molecule has 0 radical (unpaired) electrons. The van der Waals surface area contributed by atoms with Crippen LogP contribution in [0.5, 0.6) is 0 Å². The summed E-state index contributed by atoms with van der Waals surface area (Å²) >= 11 is 7.61. The van der Waals surface area contributed by atoms with E-state index in [0.717, 1.165) is 34.3 Å². The highest BCUT2D eigenvalue weighted by Crippen LogP contribution is 2.30. The van der Waals surface area contributed by atoms with Gasteiger partial charge in [-0.05, 0) is 41.1 Å². The van der Waals surface area contributed by atoms with Gasteiger partial charge in [-0.15, -0.1) is 11.3 Å². The molecule has 0 saturated carbocycles. The molecule has 0 aliphatic rings. The summed E-state index contributed by atoms with van der Waals surface area (Å²) in [6.45, 7) is 2.19. The first-order valence-electron chi connectivity index (χ1n) is 6.28. The maximum absolute atomic E-state index is 6.02. The maximum atomic E-state index is 6.02. The van der Waals surface area contributed by atoms with Crippen LogP contribution in [0.3, 0.4) is 0 Å². The molecule has 0 fully saturated rings. The third kappa shape index (κ3) is 2.48. The molecule has 0 aliphatic heterocycles. The van der Waals surface area contributed by atoms with Gasteiger partial charge in [-0.1, -0.05) is 31.5 Å². The minimum atomic E-state index is 0.311. The standard InChI is InChI=1S/C15H13ClN2S/c1-2-4-10-5-3-6-11(9-10)13-12-7-8-19-14(12)18-15(16)17-13/h3,5-9H,2,4H2,1H3. The van der Waals surface area contributed by atoms with Crippen LogP contribution in [0.4, 0.5) is 0 Å². The van der Waals surface area contributed by atoms with Gasteiger partial charge in [-0.2, -0.15) is 0 Å². The number of aryl methyl sites for hydroxylation is 1. The molecule has 3 aromatic rings. The molecular weight excluding hydrogens is 276 g/mol. The van der Waals surface area contributed by atoms with Gasteiger partial charge in [0, 0.05) is 10.9 Å². The van der Waals surface area contributed by atoms with E-state index in [0.29, 0.717) is 5.28 Å². The van der Waals surface area contributed by atoms with E-state index < -0.39 is 0 Å². The first kappa shape index (κ1) is 12.6. The fourth-order valence-corrected chi connectivity index (χ4v) is 3.20. The monoisotopic (exact) mass is 288 g/mol. The van der Waals surface area contributed by atoms with Crippen molar-refractivity contribution in [2.24, 2.45) is 0 Å². The van der Waals surface area contributed by atoms with Gasteiger partial charge in [0.25, 0.3) is 0 Å². The molecular formula is C15H13ClN2S. The predicted octanol–water partition coefficient (Wildman–Crippen LogP) is 4.96. The Morgan fingerprint density at radius 3 is 2.95 bits per heavy atom. The molecule has 0 amide bonds. The van der Waals surface area contributed by atoms with Crippen molar-refractivity contribution in [1.82, 2.24) is 9.97 Å². The van der Waals surface area contributed by atoms with E-state index in [1.54, 1.807) is 11.3 Å². The highest BCUT2D eigenvalue weighted by Gasteiger charge is 2.10. The summed E-state index contributed by atoms with van der Waals surface area (Å²) < 4.78 is 0. The molecule has 3 rings (SSSR count). The summed E-state index contributed by atoms with van der Waals surface area (Å²) in [4.78, 5) is 9.60. The molecule has 2 aromatic heterocycles. The van der Waals surface area contributed by atoms with E-state index in [-0.39, 0.29) is 0 Å². The molecule has 0 aliphatic carbocycles. The predicted molar refractivity (Wildman–Crippen MR) is 81.9 cm³/mol. The van der Waals surface area contributed by atoms with Crippen molar-refractivity contribution in [3.8, 4) is 11.3 Å². The van der Waals surface area contributed by atoms with E-state index in [9.17, 15) is 0 Å². The summed E-state index contributed by atoms with van der Waals surface area (Å²) in [5.41, 5.74) is 3.37. The number of rotatable bonds is 3. The van der Waals surface area contributed by atoms with Gasteiger partial charge >= 0.3 is 0 Å². The highest BCUT2D eigenvalue weighted by molar-refractivity contribution is 7.16. The van der Waals surface area contributed by atoms with Crippen LogP contribution in [0.2, 0.25) is 5.28 Å². The SMILES string of the molecule is CCCc1cccc(-c2nc(Cl)nc3sccc23)c1. The van der Waals surface area contributed by atoms with Gasteiger partial charge in [0.15, 0.2) is 0 Å². The summed E-state index contributed by atoms with van der Waals surface area (Å²) in [5, 5.41) is 3.41. The molecule has 0 atom stereocenters. The lowest BCUT2D eigenvalue weighted by Gasteiger charge is -2.06. The fraction of sp³-hybridized carbons (Fsp3) is 0.200. The molecule has 0 bridgehead atoms. The Morgan fingerprint density at radius 1 is 1.21 bits per heavy atom. The van der Waals surface area contributed by atoms with Crippen molar-refractivity contribution >= 4 is 33.2 Å². The third-order valence-corrected chi connectivity index (χ3v) is 4.01.